The van der Waals surface area contributed by atoms with Gasteiger partial charge in [-0.3, -0.25) is 9.35 Å². The molecule has 0 aromatic rings. The van der Waals surface area contributed by atoms with Crippen LogP contribution in [-0.4, -0.2) is 70.1 Å². The third-order valence-corrected chi connectivity index (χ3v) is 12.4. The van der Waals surface area contributed by atoms with Crippen molar-refractivity contribution < 1.29 is 59.8 Å². The Kier molecular flexibility index (Phi) is 8.66. The highest BCUT2D eigenvalue weighted by Gasteiger charge is 2.67. The molecule has 4 N–H and O–H groups in total. The molecular weight excluding hydrogens is 579 g/mol. The number of hydrogen-bond acceptors (Lipinski definition) is 7. The van der Waals surface area contributed by atoms with Crippen LogP contribution in [0.15, 0.2) is 0 Å². The molecule has 14 heteroatoms. The zero-order valence-electron chi connectivity index (χ0n) is 23.4. The number of halogens is 5. The van der Waals surface area contributed by atoms with Crippen LogP contribution in [0.5, 0.6) is 0 Å². The molecule has 4 rings (SSSR count). The standard InChI is InChI=1S/C27H41F5O8S/c1-13(4-7-21(36)40-23(26(28,29)30)27(31,32)41(37,38)39)16-5-6-17-22-18(12-20(35)25(16,17)3)24(2)9-8-15(33)10-14(24)11-19(22)34/h13-20,22-23,33-35H,4-12H2,1-3H3,(H,37,38,39)/t13?,14-,15+,16?,17-,18-,19+,20-,22-,23?,24-,25+/m0/s1. The summed E-state index contributed by atoms with van der Waals surface area (Å²) in [6, 6.07) is 0. The van der Waals surface area contributed by atoms with Crippen LogP contribution in [0.4, 0.5) is 22.0 Å². The van der Waals surface area contributed by atoms with Gasteiger partial charge in [-0.25, -0.2) is 0 Å². The average Bonchev–Trinajstić information content (AvgIpc) is 3.19. The number of alkyl halides is 5. The molecule has 0 aromatic heterocycles. The minimum atomic E-state index is -6.52. The van der Waals surface area contributed by atoms with E-state index < -0.39 is 63.8 Å². The molecule has 0 spiro atoms. The van der Waals surface area contributed by atoms with Gasteiger partial charge in [0, 0.05) is 6.42 Å². The Morgan fingerprint density at radius 2 is 1.63 bits per heavy atom. The van der Waals surface area contributed by atoms with Crippen molar-refractivity contribution in [3.63, 3.8) is 0 Å². The van der Waals surface area contributed by atoms with E-state index >= 15 is 0 Å². The molecule has 0 saturated heterocycles. The zero-order chi connectivity index (χ0) is 30.9. The Bertz CT molecular complexity index is 1100. The first-order valence-electron chi connectivity index (χ1n) is 14.3. The molecule has 0 aliphatic heterocycles. The van der Waals surface area contributed by atoms with E-state index in [0.717, 1.165) is 6.42 Å². The summed E-state index contributed by atoms with van der Waals surface area (Å²) in [5, 5.41) is 27.4. The maximum atomic E-state index is 13.8. The molecule has 4 aliphatic rings. The van der Waals surface area contributed by atoms with E-state index in [9.17, 15) is 50.5 Å². The van der Waals surface area contributed by atoms with Gasteiger partial charge in [-0.2, -0.15) is 30.4 Å². The number of ether oxygens (including phenoxy) is 1. The SMILES string of the molecule is CC(CCC(=O)OC(C(F)(F)F)C(F)(F)S(=O)(=O)O)C1CC[C@H]2[C@@H]3[C@H](O)C[C@@H]4C[C@H](O)CC[C@]4(C)[C@H]3C[C@H](O)[C@]12C. The third kappa shape index (κ3) is 5.53. The molecule has 4 aliphatic carbocycles. The Balaban J connectivity index is 1.46. The first-order valence-corrected chi connectivity index (χ1v) is 15.7. The number of carbonyl (C=O) groups is 1. The zero-order valence-corrected chi connectivity index (χ0v) is 24.2. The van der Waals surface area contributed by atoms with Gasteiger partial charge in [0.05, 0.1) is 18.3 Å². The van der Waals surface area contributed by atoms with Crippen LogP contribution in [0.25, 0.3) is 0 Å². The molecule has 3 unspecified atom stereocenters. The van der Waals surface area contributed by atoms with Crippen LogP contribution in [0.1, 0.15) is 78.6 Å². The highest BCUT2D eigenvalue weighted by molar-refractivity contribution is 7.86. The van der Waals surface area contributed by atoms with E-state index in [1.165, 1.54) is 0 Å². The van der Waals surface area contributed by atoms with E-state index in [1.54, 1.807) is 6.92 Å². The second-order valence-corrected chi connectivity index (χ2v) is 15.0. The number of aliphatic hydroxyl groups is 3. The predicted molar refractivity (Wildman–Crippen MR) is 135 cm³/mol. The number of rotatable bonds is 7. The minimum Gasteiger partial charge on any atom is -0.445 e. The summed E-state index contributed by atoms with van der Waals surface area (Å²) in [6.07, 6.45) is -8.37. The molecule has 4 fully saturated rings. The largest absolute Gasteiger partial charge is 0.445 e. The first kappa shape index (κ1) is 32.8. The van der Waals surface area contributed by atoms with E-state index in [0.29, 0.717) is 38.5 Å². The second kappa shape index (κ2) is 10.8. The molecule has 0 amide bonds. The van der Waals surface area contributed by atoms with Gasteiger partial charge in [0.15, 0.2) is 0 Å². The van der Waals surface area contributed by atoms with Crippen molar-refractivity contribution in [3.8, 4) is 0 Å². The topological polar surface area (TPSA) is 141 Å². The summed E-state index contributed by atoms with van der Waals surface area (Å²) >= 11 is 0. The lowest BCUT2D eigenvalue weighted by molar-refractivity contribution is -0.259. The summed E-state index contributed by atoms with van der Waals surface area (Å²) in [4.78, 5) is 12.2. The highest BCUT2D eigenvalue weighted by Crippen LogP contribution is 2.68. The highest BCUT2D eigenvalue weighted by atomic mass is 32.2. The fraction of sp³-hybridized carbons (Fsp3) is 0.963. The number of fused-ring (bicyclic) bond motifs is 5. The Morgan fingerprint density at radius 1 is 1.00 bits per heavy atom. The second-order valence-electron chi connectivity index (χ2n) is 13.5. The van der Waals surface area contributed by atoms with Crippen LogP contribution in [0.2, 0.25) is 0 Å². The molecular formula is C27H41F5O8S. The van der Waals surface area contributed by atoms with Crippen LogP contribution in [0.3, 0.4) is 0 Å². The normalized spacial score (nSPS) is 42.9. The quantitative estimate of drug-likeness (QED) is 0.187. The first-order chi connectivity index (χ1) is 18.7. The molecule has 0 aromatic carbocycles. The van der Waals surface area contributed by atoms with Crippen LogP contribution in [0, 0.1) is 46.3 Å². The van der Waals surface area contributed by atoms with E-state index in [-0.39, 0.29) is 47.3 Å². The molecule has 0 radical (unpaired) electrons. The Morgan fingerprint density at radius 3 is 2.22 bits per heavy atom. The van der Waals surface area contributed by atoms with E-state index in [2.05, 4.69) is 11.7 Å². The molecule has 41 heavy (non-hydrogen) atoms. The third-order valence-electron chi connectivity index (χ3n) is 11.5. The van der Waals surface area contributed by atoms with Crippen molar-refractivity contribution in [1.82, 2.24) is 0 Å². The lowest BCUT2D eigenvalue weighted by atomic mass is 9.43. The van der Waals surface area contributed by atoms with Gasteiger partial charge in [0.25, 0.3) is 6.10 Å². The van der Waals surface area contributed by atoms with Crippen molar-refractivity contribution in [2.45, 2.75) is 114 Å². The monoisotopic (exact) mass is 620 g/mol. The van der Waals surface area contributed by atoms with Crippen LogP contribution < -0.4 is 0 Å². The smallest absolute Gasteiger partial charge is 0.432 e. The number of aliphatic hydroxyl groups excluding tert-OH is 3. The van der Waals surface area contributed by atoms with Gasteiger partial charge < -0.3 is 20.1 Å². The van der Waals surface area contributed by atoms with Gasteiger partial charge in [-0.15, -0.1) is 0 Å². The van der Waals surface area contributed by atoms with Crippen molar-refractivity contribution in [1.29, 1.82) is 0 Å². The van der Waals surface area contributed by atoms with Crippen molar-refractivity contribution in [2.75, 3.05) is 0 Å². The predicted octanol–water partition coefficient (Wildman–Crippen LogP) is 4.32. The maximum absolute atomic E-state index is 13.8. The summed E-state index contributed by atoms with van der Waals surface area (Å²) in [5.41, 5.74) is -0.784. The van der Waals surface area contributed by atoms with Gasteiger partial charge in [-0.05, 0) is 97.7 Å². The van der Waals surface area contributed by atoms with Gasteiger partial charge in [0.1, 0.15) is 0 Å². The number of hydrogen-bond donors (Lipinski definition) is 4. The fourth-order valence-corrected chi connectivity index (χ4v) is 9.78. The lowest BCUT2D eigenvalue weighted by Gasteiger charge is -2.63. The van der Waals surface area contributed by atoms with Crippen molar-refractivity contribution in [2.24, 2.45) is 46.3 Å². The Hall–Kier alpha value is -1.09. The van der Waals surface area contributed by atoms with Crippen LogP contribution in [-0.2, 0) is 19.6 Å². The maximum Gasteiger partial charge on any atom is 0.432 e. The Labute approximate surface area is 236 Å². The number of esters is 1. The van der Waals surface area contributed by atoms with Crippen LogP contribution >= 0.6 is 0 Å². The molecule has 0 heterocycles. The minimum absolute atomic E-state index is 0.0432. The van der Waals surface area contributed by atoms with Gasteiger partial charge in [-0.1, -0.05) is 20.8 Å². The molecule has 0 bridgehead atoms. The fourth-order valence-electron chi connectivity index (χ4n) is 9.33. The summed E-state index contributed by atoms with van der Waals surface area (Å²) in [5.74, 6) is -2.12. The van der Waals surface area contributed by atoms with Gasteiger partial charge in [0.2, 0.25) is 0 Å². The molecule has 4 saturated carbocycles. The van der Waals surface area contributed by atoms with Crippen molar-refractivity contribution >= 4 is 16.1 Å². The average molecular weight is 621 g/mol. The summed E-state index contributed by atoms with van der Waals surface area (Å²) in [6.45, 7) is 5.90. The molecule has 12 atom stereocenters. The molecule has 238 valence electrons. The lowest BCUT2D eigenvalue weighted by Crippen LogP contribution is -2.62. The summed E-state index contributed by atoms with van der Waals surface area (Å²) in [7, 11) is -6.52. The van der Waals surface area contributed by atoms with Gasteiger partial charge >= 0.3 is 27.5 Å². The number of carbonyl (C=O) groups excluding carboxylic acids is 1. The molecule has 8 nitrogen and oxygen atoms in total. The summed E-state index contributed by atoms with van der Waals surface area (Å²) < 4.78 is 101. The van der Waals surface area contributed by atoms with E-state index in [1.807, 2.05) is 6.92 Å². The van der Waals surface area contributed by atoms with Crippen molar-refractivity contribution in [3.05, 3.63) is 0 Å². The van der Waals surface area contributed by atoms with E-state index in [4.69, 9.17) is 4.55 Å².